The van der Waals surface area contributed by atoms with Gasteiger partial charge in [-0.2, -0.15) is 0 Å². The number of rotatable bonds is 4. The van der Waals surface area contributed by atoms with Crippen LogP contribution < -0.4 is 5.73 Å². The lowest BCUT2D eigenvalue weighted by molar-refractivity contribution is 0.0877. The van der Waals surface area contributed by atoms with E-state index in [1.807, 2.05) is 19.1 Å². The fourth-order valence-electron chi connectivity index (χ4n) is 1.91. The highest BCUT2D eigenvalue weighted by atomic mass is 35.5. The number of hydrogen-bond acceptors (Lipinski definition) is 2. The summed E-state index contributed by atoms with van der Waals surface area (Å²) in [7, 11) is 0. The summed E-state index contributed by atoms with van der Waals surface area (Å²) in [6.07, 6.45) is 0.477. The highest BCUT2D eigenvalue weighted by Gasteiger charge is 2.23. The summed E-state index contributed by atoms with van der Waals surface area (Å²) in [6, 6.07) is 5.80. The summed E-state index contributed by atoms with van der Waals surface area (Å²) < 4.78 is 0. The molecule has 2 nitrogen and oxygen atoms in total. The van der Waals surface area contributed by atoms with Crippen LogP contribution in [0.15, 0.2) is 18.2 Å². The summed E-state index contributed by atoms with van der Waals surface area (Å²) >= 11 is 0. The molecule has 98 valence electrons. The Balaban J connectivity index is 0.00000256. The molecule has 3 N–H and O–H groups in total. The molecule has 0 bridgehead atoms. The molecule has 0 fully saturated rings. The lowest BCUT2D eigenvalue weighted by atomic mass is 9.88. The van der Waals surface area contributed by atoms with Crippen LogP contribution in [-0.4, -0.2) is 11.2 Å². The van der Waals surface area contributed by atoms with Gasteiger partial charge in [-0.3, -0.25) is 0 Å². The summed E-state index contributed by atoms with van der Waals surface area (Å²) in [5.41, 5.74) is 9.62. The molecule has 0 aliphatic rings. The number of halogens is 1. The number of aryl methyl sites for hydroxylation is 1. The van der Waals surface area contributed by atoms with E-state index in [2.05, 4.69) is 26.8 Å². The Morgan fingerprint density at radius 3 is 2.41 bits per heavy atom. The highest BCUT2D eigenvalue weighted by molar-refractivity contribution is 5.85. The minimum absolute atomic E-state index is 0. The van der Waals surface area contributed by atoms with Crippen molar-refractivity contribution >= 4 is 12.4 Å². The molecule has 1 rings (SSSR count). The van der Waals surface area contributed by atoms with Crippen molar-refractivity contribution < 1.29 is 5.11 Å². The van der Waals surface area contributed by atoms with E-state index >= 15 is 0 Å². The Morgan fingerprint density at radius 1 is 1.29 bits per heavy atom. The lowest BCUT2D eigenvalue weighted by Crippen LogP contribution is -2.32. The van der Waals surface area contributed by atoms with Gasteiger partial charge in [-0.25, -0.2) is 0 Å². The van der Waals surface area contributed by atoms with Gasteiger partial charge in [0.05, 0.1) is 12.1 Å². The van der Waals surface area contributed by atoms with Crippen LogP contribution in [0.4, 0.5) is 0 Å². The second-order valence-electron chi connectivity index (χ2n) is 4.69. The van der Waals surface area contributed by atoms with E-state index in [9.17, 15) is 5.11 Å². The Labute approximate surface area is 111 Å². The first-order valence-electron chi connectivity index (χ1n) is 5.98. The second-order valence-corrected chi connectivity index (χ2v) is 4.69. The van der Waals surface area contributed by atoms with E-state index in [-0.39, 0.29) is 24.4 Å². The molecule has 0 spiro atoms. The first kappa shape index (κ1) is 16.4. The third kappa shape index (κ3) is 3.70. The van der Waals surface area contributed by atoms with Crippen molar-refractivity contribution in [2.24, 2.45) is 11.7 Å². The van der Waals surface area contributed by atoms with Crippen LogP contribution >= 0.6 is 12.4 Å². The summed E-state index contributed by atoms with van der Waals surface area (Å²) in [4.78, 5) is 0. The van der Waals surface area contributed by atoms with Crippen LogP contribution in [0.3, 0.4) is 0 Å². The number of aliphatic hydroxyl groups is 1. The summed E-state index contributed by atoms with van der Waals surface area (Å²) in [5.74, 6) is 0.231. The molecule has 17 heavy (non-hydrogen) atoms. The maximum atomic E-state index is 10.1. The first-order chi connectivity index (χ1) is 7.49. The van der Waals surface area contributed by atoms with Crippen molar-refractivity contribution in [1.82, 2.24) is 0 Å². The average molecular weight is 258 g/mol. The zero-order chi connectivity index (χ0) is 12.3. The topological polar surface area (TPSA) is 46.2 Å². The van der Waals surface area contributed by atoms with Gasteiger partial charge in [0.2, 0.25) is 0 Å². The molecule has 0 heterocycles. The van der Waals surface area contributed by atoms with Crippen LogP contribution in [0.2, 0.25) is 0 Å². The Hall–Kier alpha value is -0.570. The van der Waals surface area contributed by atoms with E-state index in [0.717, 1.165) is 12.0 Å². The monoisotopic (exact) mass is 257 g/mol. The molecule has 3 heteroatoms. The van der Waals surface area contributed by atoms with Gasteiger partial charge < -0.3 is 10.8 Å². The Morgan fingerprint density at radius 2 is 1.88 bits per heavy atom. The van der Waals surface area contributed by atoms with E-state index < -0.39 is 6.10 Å². The number of nitrogens with two attached hydrogens (primary N) is 1. The van der Waals surface area contributed by atoms with Crippen molar-refractivity contribution in [3.05, 3.63) is 34.9 Å². The lowest BCUT2D eigenvalue weighted by Gasteiger charge is -2.26. The number of aliphatic hydroxyl groups excluding tert-OH is 1. The number of benzene rings is 1. The molecule has 0 amide bonds. The molecule has 0 radical (unpaired) electrons. The fraction of sp³-hybridized carbons (Fsp3) is 0.571. The minimum Gasteiger partial charge on any atom is -0.391 e. The Kier molecular flexibility index (Phi) is 6.76. The minimum atomic E-state index is -0.467. The number of hydrogen-bond donors (Lipinski definition) is 2. The van der Waals surface area contributed by atoms with E-state index in [4.69, 9.17) is 5.73 Å². The maximum Gasteiger partial charge on any atom is 0.0758 e. The normalized spacial score (nSPS) is 15.9. The van der Waals surface area contributed by atoms with Gasteiger partial charge in [-0.15, -0.1) is 12.4 Å². The van der Waals surface area contributed by atoms with Gasteiger partial charge in [0, 0.05) is 0 Å². The second kappa shape index (κ2) is 7.00. The zero-order valence-electron chi connectivity index (χ0n) is 11.1. The quantitative estimate of drug-likeness (QED) is 0.871. The smallest absolute Gasteiger partial charge is 0.0758 e. The van der Waals surface area contributed by atoms with Crippen LogP contribution in [0.1, 0.15) is 43.0 Å². The molecule has 0 saturated heterocycles. The van der Waals surface area contributed by atoms with Crippen LogP contribution in [0.5, 0.6) is 0 Å². The van der Waals surface area contributed by atoms with Gasteiger partial charge in [0.15, 0.2) is 0 Å². The van der Waals surface area contributed by atoms with Crippen LogP contribution in [-0.2, 0) is 0 Å². The molecular weight excluding hydrogens is 234 g/mol. The predicted octanol–water partition coefficient (Wildman–Crippen LogP) is 3.13. The van der Waals surface area contributed by atoms with E-state index in [0.29, 0.717) is 0 Å². The van der Waals surface area contributed by atoms with Crippen molar-refractivity contribution in [3.63, 3.8) is 0 Å². The third-order valence-corrected chi connectivity index (χ3v) is 3.60. The van der Waals surface area contributed by atoms with Gasteiger partial charge >= 0.3 is 0 Å². The average Bonchev–Trinajstić information content (AvgIpc) is 2.29. The molecule has 0 aliphatic heterocycles. The largest absolute Gasteiger partial charge is 0.391 e. The molecule has 1 unspecified atom stereocenters. The fourth-order valence-corrected chi connectivity index (χ4v) is 1.91. The molecular formula is C14H24ClNO. The first-order valence-corrected chi connectivity index (χ1v) is 5.98. The SMILES string of the molecule is CCC(C)[C@H](O)[C@H](N)c1cccc(C)c1C.Cl. The van der Waals surface area contributed by atoms with Crippen molar-refractivity contribution in [2.75, 3.05) is 0 Å². The van der Waals surface area contributed by atoms with E-state index in [1.165, 1.54) is 11.1 Å². The van der Waals surface area contributed by atoms with Crippen LogP contribution in [0, 0.1) is 19.8 Å². The summed E-state index contributed by atoms with van der Waals surface area (Å²) in [5, 5.41) is 10.1. The van der Waals surface area contributed by atoms with Gasteiger partial charge in [-0.05, 0) is 36.5 Å². The summed E-state index contributed by atoms with van der Waals surface area (Å²) in [6.45, 7) is 8.24. The predicted molar refractivity (Wildman–Crippen MR) is 75.6 cm³/mol. The zero-order valence-corrected chi connectivity index (χ0v) is 11.9. The molecule has 0 saturated carbocycles. The van der Waals surface area contributed by atoms with Gasteiger partial charge in [0.25, 0.3) is 0 Å². The highest BCUT2D eigenvalue weighted by Crippen LogP contribution is 2.25. The van der Waals surface area contributed by atoms with Crippen molar-refractivity contribution in [3.8, 4) is 0 Å². The van der Waals surface area contributed by atoms with E-state index in [1.54, 1.807) is 0 Å². The van der Waals surface area contributed by atoms with Gasteiger partial charge in [-0.1, -0.05) is 38.5 Å². The molecule has 0 aliphatic carbocycles. The molecule has 0 aromatic heterocycles. The van der Waals surface area contributed by atoms with Crippen molar-refractivity contribution in [1.29, 1.82) is 0 Å². The molecule has 3 atom stereocenters. The Bertz CT molecular complexity index is 354. The van der Waals surface area contributed by atoms with Gasteiger partial charge in [0.1, 0.15) is 0 Å². The van der Waals surface area contributed by atoms with Crippen LogP contribution in [0.25, 0.3) is 0 Å². The maximum absolute atomic E-state index is 10.1. The molecule has 1 aromatic rings. The third-order valence-electron chi connectivity index (χ3n) is 3.60. The van der Waals surface area contributed by atoms with Crippen molar-refractivity contribution in [2.45, 2.75) is 46.3 Å². The standard InChI is InChI=1S/C14H23NO.ClH/c1-5-9(2)14(16)13(15)12-8-6-7-10(3)11(12)4;/h6-9,13-14,16H,5,15H2,1-4H3;1H/t9?,13-,14+;/m1./s1. The molecule has 1 aromatic carbocycles.